The van der Waals surface area contributed by atoms with Crippen molar-refractivity contribution in [1.82, 2.24) is 0 Å². The summed E-state index contributed by atoms with van der Waals surface area (Å²) in [5.74, 6) is 0. The van der Waals surface area contributed by atoms with Crippen molar-refractivity contribution in [3.8, 4) is 0 Å². The van der Waals surface area contributed by atoms with Crippen LogP contribution in [-0.2, 0) is 11.8 Å². The molecule has 2 rings (SSSR count). The predicted octanol–water partition coefficient (Wildman–Crippen LogP) is 4.05. The number of nitrogen functional groups attached to an aromatic ring is 2. The monoisotopic (exact) mass is 268 g/mol. The molecule has 0 fully saturated rings. The van der Waals surface area contributed by atoms with Gasteiger partial charge in [-0.1, -0.05) is 51.1 Å². The van der Waals surface area contributed by atoms with E-state index in [1.54, 1.807) is 0 Å². The van der Waals surface area contributed by atoms with Crippen LogP contribution < -0.4 is 11.5 Å². The van der Waals surface area contributed by atoms with Gasteiger partial charge in [0.15, 0.2) is 0 Å². The first-order valence-electron chi connectivity index (χ1n) is 7.13. The first-order chi connectivity index (χ1) is 9.39. The van der Waals surface area contributed by atoms with Crippen LogP contribution >= 0.6 is 0 Å². The van der Waals surface area contributed by atoms with E-state index < -0.39 is 0 Å². The van der Waals surface area contributed by atoms with E-state index in [-0.39, 0.29) is 5.41 Å². The number of hydrogen-bond donors (Lipinski definition) is 2. The highest BCUT2D eigenvalue weighted by atomic mass is 14.6. The number of nitrogens with two attached hydrogens (primary N) is 2. The van der Waals surface area contributed by atoms with Crippen LogP contribution in [0.25, 0.3) is 0 Å². The van der Waals surface area contributed by atoms with Gasteiger partial charge in [-0.2, -0.15) is 0 Å². The zero-order chi connectivity index (χ0) is 14.9. The van der Waals surface area contributed by atoms with Crippen LogP contribution in [0.5, 0.6) is 0 Å². The van der Waals surface area contributed by atoms with Crippen LogP contribution in [0.4, 0.5) is 11.4 Å². The van der Waals surface area contributed by atoms with Gasteiger partial charge in [0.1, 0.15) is 0 Å². The van der Waals surface area contributed by atoms with Gasteiger partial charge < -0.3 is 11.5 Å². The molecule has 0 saturated carbocycles. The van der Waals surface area contributed by atoms with Gasteiger partial charge in [0.05, 0.1) is 0 Å². The van der Waals surface area contributed by atoms with Crippen molar-refractivity contribution in [1.29, 1.82) is 0 Å². The summed E-state index contributed by atoms with van der Waals surface area (Å²) < 4.78 is 0. The van der Waals surface area contributed by atoms with Crippen molar-refractivity contribution in [3.05, 3.63) is 58.7 Å². The van der Waals surface area contributed by atoms with Crippen LogP contribution in [0.1, 0.15) is 43.0 Å². The molecule has 2 aromatic rings. The van der Waals surface area contributed by atoms with E-state index in [0.717, 1.165) is 23.4 Å². The second kappa shape index (κ2) is 5.20. The van der Waals surface area contributed by atoms with Gasteiger partial charge in [-0.3, -0.25) is 0 Å². The maximum atomic E-state index is 6.31. The average molecular weight is 268 g/mol. The highest BCUT2D eigenvalue weighted by Gasteiger charge is 2.28. The zero-order valence-electron chi connectivity index (χ0n) is 12.8. The molecule has 4 N–H and O–H groups in total. The third-order valence-electron chi connectivity index (χ3n) is 4.26. The second-order valence-electron chi connectivity index (χ2n) is 5.88. The molecule has 0 heterocycles. The lowest BCUT2D eigenvalue weighted by Gasteiger charge is -2.31. The SMILES string of the molecule is CCc1c(C)c(N)cc(N)c1C(C)(C)c1ccccc1. The van der Waals surface area contributed by atoms with Gasteiger partial charge in [-0.15, -0.1) is 0 Å². The summed E-state index contributed by atoms with van der Waals surface area (Å²) in [7, 11) is 0. The Hall–Kier alpha value is -1.96. The molecule has 0 bridgehead atoms. The van der Waals surface area contributed by atoms with Crippen LogP contribution in [0.15, 0.2) is 36.4 Å². The fraction of sp³-hybridized carbons (Fsp3) is 0.333. The number of rotatable bonds is 3. The predicted molar refractivity (Wildman–Crippen MR) is 88.0 cm³/mol. The smallest absolute Gasteiger partial charge is 0.0379 e. The maximum Gasteiger partial charge on any atom is 0.0379 e. The maximum absolute atomic E-state index is 6.31. The summed E-state index contributed by atoms with van der Waals surface area (Å²) in [4.78, 5) is 0. The fourth-order valence-corrected chi connectivity index (χ4v) is 3.06. The van der Waals surface area contributed by atoms with Crippen molar-refractivity contribution in [2.45, 2.75) is 39.5 Å². The van der Waals surface area contributed by atoms with Gasteiger partial charge >= 0.3 is 0 Å². The molecule has 0 atom stereocenters. The molecule has 20 heavy (non-hydrogen) atoms. The van der Waals surface area contributed by atoms with E-state index in [0.29, 0.717) is 0 Å². The molecule has 2 aromatic carbocycles. The Kier molecular flexibility index (Phi) is 3.76. The van der Waals surface area contributed by atoms with Crippen LogP contribution in [-0.4, -0.2) is 0 Å². The lowest BCUT2D eigenvalue weighted by Crippen LogP contribution is -2.23. The molecule has 0 aliphatic carbocycles. The first kappa shape index (κ1) is 14.4. The summed E-state index contributed by atoms with van der Waals surface area (Å²) in [6.07, 6.45) is 0.937. The fourth-order valence-electron chi connectivity index (χ4n) is 3.06. The minimum Gasteiger partial charge on any atom is -0.398 e. The zero-order valence-corrected chi connectivity index (χ0v) is 12.8. The lowest BCUT2D eigenvalue weighted by atomic mass is 9.73. The van der Waals surface area contributed by atoms with E-state index in [2.05, 4.69) is 52.0 Å². The van der Waals surface area contributed by atoms with E-state index >= 15 is 0 Å². The summed E-state index contributed by atoms with van der Waals surface area (Å²) in [6, 6.07) is 12.4. The largest absolute Gasteiger partial charge is 0.398 e. The lowest BCUT2D eigenvalue weighted by molar-refractivity contribution is 0.634. The molecule has 0 spiro atoms. The Morgan fingerprint density at radius 3 is 2.15 bits per heavy atom. The Morgan fingerprint density at radius 2 is 1.60 bits per heavy atom. The Balaban J connectivity index is 2.72. The summed E-state index contributed by atoms with van der Waals surface area (Å²) >= 11 is 0. The van der Waals surface area contributed by atoms with Crippen LogP contribution in [0.2, 0.25) is 0 Å². The Morgan fingerprint density at radius 1 is 1.00 bits per heavy atom. The standard InChI is InChI=1S/C18H24N2/c1-5-14-12(2)15(19)11-16(20)17(14)18(3,4)13-9-7-6-8-10-13/h6-11H,5,19-20H2,1-4H3. The molecule has 0 radical (unpaired) electrons. The van der Waals surface area contributed by atoms with E-state index in [1.165, 1.54) is 16.7 Å². The Labute approximate surface area is 121 Å². The minimum atomic E-state index is -0.130. The van der Waals surface area contributed by atoms with E-state index in [9.17, 15) is 0 Å². The molecule has 0 aliphatic heterocycles. The topological polar surface area (TPSA) is 52.0 Å². The number of anilines is 2. The highest BCUT2D eigenvalue weighted by Crippen LogP contribution is 2.40. The van der Waals surface area contributed by atoms with E-state index in [1.807, 2.05) is 12.1 Å². The van der Waals surface area contributed by atoms with E-state index in [4.69, 9.17) is 11.5 Å². The van der Waals surface area contributed by atoms with Crippen LogP contribution in [0, 0.1) is 6.92 Å². The number of hydrogen-bond acceptors (Lipinski definition) is 2. The third kappa shape index (κ3) is 2.26. The molecule has 0 aromatic heterocycles. The van der Waals surface area contributed by atoms with Crippen molar-refractivity contribution in [2.24, 2.45) is 0 Å². The van der Waals surface area contributed by atoms with Gasteiger partial charge in [-0.05, 0) is 41.7 Å². The quantitative estimate of drug-likeness (QED) is 0.825. The number of benzene rings is 2. The molecular weight excluding hydrogens is 244 g/mol. The average Bonchev–Trinajstić information content (AvgIpc) is 2.43. The van der Waals surface area contributed by atoms with Gasteiger partial charge in [-0.25, -0.2) is 0 Å². The summed E-state index contributed by atoms with van der Waals surface area (Å²) in [6.45, 7) is 8.69. The second-order valence-corrected chi connectivity index (χ2v) is 5.88. The van der Waals surface area contributed by atoms with Crippen molar-refractivity contribution in [2.75, 3.05) is 11.5 Å². The van der Waals surface area contributed by atoms with Gasteiger partial charge in [0.25, 0.3) is 0 Å². The van der Waals surface area contributed by atoms with Crippen molar-refractivity contribution in [3.63, 3.8) is 0 Å². The van der Waals surface area contributed by atoms with Gasteiger partial charge in [0, 0.05) is 16.8 Å². The minimum absolute atomic E-state index is 0.130. The molecule has 2 nitrogen and oxygen atoms in total. The van der Waals surface area contributed by atoms with Crippen molar-refractivity contribution < 1.29 is 0 Å². The first-order valence-corrected chi connectivity index (χ1v) is 7.13. The molecular formula is C18H24N2. The summed E-state index contributed by atoms with van der Waals surface area (Å²) in [5.41, 5.74) is 18.7. The molecule has 0 amide bonds. The molecule has 2 heteroatoms. The molecule has 0 aliphatic rings. The molecule has 0 unspecified atom stereocenters. The Bertz CT molecular complexity index is 613. The highest BCUT2D eigenvalue weighted by molar-refractivity contribution is 5.68. The molecule has 0 saturated heterocycles. The van der Waals surface area contributed by atoms with Crippen molar-refractivity contribution >= 4 is 11.4 Å². The third-order valence-corrected chi connectivity index (χ3v) is 4.26. The molecule has 106 valence electrons. The normalized spacial score (nSPS) is 11.6. The van der Waals surface area contributed by atoms with Crippen LogP contribution in [0.3, 0.4) is 0 Å². The summed E-state index contributed by atoms with van der Waals surface area (Å²) in [5, 5.41) is 0. The van der Waals surface area contributed by atoms with Gasteiger partial charge in [0.2, 0.25) is 0 Å².